The molecule has 1 unspecified atom stereocenters. The molecule has 56 valence electrons. The van der Waals surface area contributed by atoms with E-state index in [0.717, 1.165) is 0 Å². The first kappa shape index (κ1) is 7.24. The Kier molecular flexibility index (Phi) is 2.03. The summed E-state index contributed by atoms with van der Waals surface area (Å²) in [6.07, 6.45) is 0.547. The van der Waals surface area contributed by atoms with E-state index in [4.69, 9.17) is 9.99 Å². The molecule has 0 amide bonds. The highest BCUT2D eigenvalue weighted by atomic mass is 17.1. The van der Waals surface area contributed by atoms with Gasteiger partial charge in [-0.15, -0.1) is 0 Å². The molecule has 1 fully saturated rings. The molecule has 0 aromatic rings. The molecule has 0 aliphatic carbocycles. The van der Waals surface area contributed by atoms with Crippen molar-refractivity contribution in [1.82, 2.24) is 0 Å². The van der Waals surface area contributed by atoms with Crippen molar-refractivity contribution in [3.05, 3.63) is 12.2 Å². The van der Waals surface area contributed by atoms with Gasteiger partial charge in [0.15, 0.2) is 0 Å². The van der Waals surface area contributed by atoms with Gasteiger partial charge in [-0.2, -0.15) is 5.26 Å². The van der Waals surface area contributed by atoms with Gasteiger partial charge in [0.1, 0.15) is 0 Å². The van der Waals surface area contributed by atoms with E-state index < -0.39 is 5.97 Å². The topological polar surface area (TPSA) is 59.1 Å². The summed E-state index contributed by atoms with van der Waals surface area (Å²) in [6, 6.07) is 0. The fraction of sp³-hybridized carbons (Fsp3) is 0.500. The summed E-state index contributed by atoms with van der Waals surface area (Å²) in [7, 11) is 0. The molecule has 4 heteroatoms. The minimum atomic E-state index is -0.782. The van der Waals surface area contributed by atoms with E-state index in [0.29, 0.717) is 13.0 Å². The third kappa shape index (κ3) is 1.82. The first-order valence-electron chi connectivity index (χ1n) is 2.89. The van der Waals surface area contributed by atoms with Gasteiger partial charge < -0.3 is 4.74 Å². The van der Waals surface area contributed by atoms with E-state index in [9.17, 15) is 4.79 Å². The monoisotopic (exact) mass is 144 g/mol. The summed E-state index contributed by atoms with van der Waals surface area (Å²) < 4.78 is 4.82. The van der Waals surface area contributed by atoms with Crippen molar-refractivity contribution in [2.75, 3.05) is 6.61 Å². The zero-order chi connectivity index (χ0) is 7.56. The summed E-state index contributed by atoms with van der Waals surface area (Å²) in [5.74, 6) is -0.782. The minimum absolute atomic E-state index is 0.103. The highest BCUT2D eigenvalue weighted by Gasteiger charge is 2.25. The number of ether oxygens (including phenoxy) is 1. The van der Waals surface area contributed by atoms with Gasteiger partial charge in [0, 0.05) is 12.0 Å². The molecule has 0 radical (unpaired) electrons. The van der Waals surface area contributed by atoms with Crippen LogP contribution in [0.15, 0.2) is 12.2 Å². The summed E-state index contributed by atoms with van der Waals surface area (Å²) in [5.41, 5.74) is 0.241. The predicted octanol–water partition coefficient (Wildman–Crippen LogP) is 0.348. The van der Waals surface area contributed by atoms with Crippen molar-refractivity contribution in [1.29, 1.82) is 0 Å². The summed E-state index contributed by atoms with van der Waals surface area (Å²) in [5, 5.41) is 7.89. The average molecular weight is 144 g/mol. The summed E-state index contributed by atoms with van der Waals surface area (Å²) in [6.45, 7) is 4.06. The highest BCUT2D eigenvalue weighted by molar-refractivity contribution is 5.87. The molecule has 0 saturated carbocycles. The van der Waals surface area contributed by atoms with Gasteiger partial charge in [0.05, 0.1) is 12.7 Å². The van der Waals surface area contributed by atoms with Crippen molar-refractivity contribution >= 4 is 5.97 Å². The maximum atomic E-state index is 10.4. The van der Waals surface area contributed by atoms with Crippen molar-refractivity contribution in [3.63, 3.8) is 0 Å². The van der Waals surface area contributed by atoms with Gasteiger partial charge in [-0.05, 0) is 0 Å². The minimum Gasteiger partial charge on any atom is -0.373 e. The quantitative estimate of drug-likeness (QED) is 0.268. The predicted molar refractivity (Wildman–Crippen MR) is 32.2 cm³/mol. The molecule has 1 aliphatic heterocycles. The normalized spacial score (nSPS) is 21.9. The standard InChI is InChI=1S/C6H8O4/c1-4(6(7)10-8)2-5-3-9-5/h5,8H,1-3H2. The van der Waals surface area contributed by atoms with Crippen molar-refractivity contribution < 1.29 is 19.7 Å². The van der Waals surface area contributed by atoms with Crippen molar-refractivity contribution in [3.8, 4) is 0 Å². The third-order valence-corrected chi connectivity index (χ3v) is 1.25. The smallest absolute Gasteiger partial charge is 0.368 e. The van der Waals surface area contributed by atoms with Crippen molar-refractivity contribution in [2.45, 2.75) is 12.5 Å². The lowest BCUT2D eigenvalue weighted by Crippen LogP contribution is -2.05. The Bertz CT molecular complexity index is 159. The van der Waals surface area contributed by atoms with Gasteiger partial charge in [-0.25, -0.2) is 4.79 Å². The first-order chi connectivity index (χ1) is 4.74. The number of carbonyl (C=O) groups excluding carboxylic acids is 1. The molecule has 1 heterocycles. The highest BCUT2D eigenvalue weighted by Crippen LogP contribution is 2.18. The van der Waals surface area contributed by atoms with E-state index in [-0.39, 0.29) is 11.7 Å². The first-order valence-corrected chi connectivity index (χ1v) is 2.89. The number of hydrogen-bond acceptors (Lipinski definition) is 4. The lowest BCUT2D eigenvalue weighted by atomic mass is 10.2. The molecular weight excluding hydrogens is 136 g/mol. The third-order valence-electron chi connectivity index (χ3n) is 1.25. The molecule has 0 aromatic heterocycles. The van der Waals surface area contributed by atoms with Crippen LogP contribution in [0.3, 0.4) is 0 Å². The number of hydrogen-bond donors (Lipinski definition) is 1. The van der Waals surface area contributed by atoms with Crippen LogP contribution in [-0.2, 0) is 14.4 Å². The number of rotatable bonds is 3. The summed E-state index contributed by atoms with van der Waals surface area (Å²) in [4.78, 5) is 13.9. The van der Waals surface area contributed by atoms with E-state index in [1.807, 2.05) is 0 Å². The van der Waals surface area contributed by atoms with Crippen LogP contribution in [0.25, 0.3) is 0 Å². The summed E-state index contributed by atoms with van der Waals surface area (Å²) >= 11 is 0. The van der Waals surface area contributed by atoms with Gasteiger partial charge in [-0.3, -0.25) is 4.89 Å². The largest absolute Gasteiger partial charge is 0.373 e. The average Bonchev–Trinajstić information content (AvgIpc) is 2.70. The second-order valence-corrected chi connectivity index (χ2v) is 2.14. The molecule has 0 spiro atoms. The van der Waals surface area contributed by atoms with Gasteiger partial charge in [0.2, 0.25) is 0 Å². The van der Waals surface area contributed by atoms with Crippen LogP contribution >= 0.6 is 0 Å². The number of epoxide rings is 1. The number of carbonyl (C=O) groups is 1. The zero-order valence-electron chi connectivity index (χ0n) is 5.37. The second-order valence-electron chi connectivity index (χ2n) is 2.14. The fourth-order valence-electron chi connectivity index (χ4n) is 0.609. The van der Waals surface area contributed by atoms with Gasteiger partial charge in [0.25, 0.3) is 0 Å². The molecule has 0 bridgehead atoms. The zero-order valence-corrected chi connectivity index (χ0v) is 5.37. The molecule has 1 aliphatic rings. The maximum absolute atomic E-state index is 10.4. The van der Waals surface area contributed by atoms with E-state index in [2.05, 4.69) is 11.5 Å². The van der Waals surface area contributed by atoms with Crippen LogP contribution in [0.2, 0.25) is 0 Å². The Labute approximate surface area is 58.0 Å². The van der Waals surface area contributed by atoms with Gasteiger partial charge >= 0.3 is 5.97 Å². The van der Waals surface area contributed by atoms with Crippen LogP contribution in [0.5, 0.6) is 0 Å². The SMILES string of the molecule is C=C(CC1CO1)C(=O)OO. The van der Waals surface area contributed by atoms with E-state index in [1.165, 1.54) is 0 Å². The van der Waals surface area contributed by atoms with Gasteiger partial charge in [-0.1, -0.05) is 6.58 Å². The van der Waals surface area contributed by atoms with Crippen LogP contribution < -0.4 is 0 Å². The lowest BCUT2D eigenvalue weighted by molar-refractivity contribution is -0.229. The second kappa shape index (κ2) is 2.81. The fourth-order valence-corrected chi connectivity index (χ4v) is 0.609. The Morgan fingerprint density at radius 1 is 1.90 bits per heavy atom. The van der Waals surface area contributed by atoms with Crippen LogP contribution in [-0.4, -0.2) is 23.9 Å². The lowest BCUT2D eigenvalue weighted by Gasteiger charge is -1.96. The molecule has 0 aromatic carbocycles. The molecule has 1 N–H and O–H groups in total. The van der Waals surface area contributed by atoms with Crippen LogP contribution in [0.4, 0.5) is 0 Å². The molecule has 1 rings (SSSR count). The van der Waals surface area contributed by atoms with Crippen LogP contribution in [0.1, 0.15) is 6.42 Å². The Hall–Kier alpha value is -0.870. The van der Waals surface area contributed by atoms with E-state index >= 15 is 0 Å². The Morgan fingerprint density at radius 3 is 2.90 bits per heavy atom. The Balaban J connectivity index is 2.25. The maximum Gasteiger partial charge on any atom is 0.368 e. The Morgan fingerprint density at radius 2 is 2.50 bits per heavy atom. The van der Waals surface area contributed by atoms with E-state index in [1.54, 1.807) is 0 Å². The molecule has 4 nitrogen and oxygen atoms in total. The molecule has 1 atom stereocenters. The molecule has 1 saturated heterocycles. The van der Waals surface area contributed by atoms with Crippen LogP contribution in [0, 0.1) is 0 Å². The molecule has 10 heavy (non-hydrogen) atoms. The molecular formula is C6H8O4. The van der Waals surface area contributed by atoms with Crippen molar-refractivity contribution in [2.24, 2.45) is 0 Å².